The molecule has 1 amide bonds. The molecule has 2 heterocycles. The standard InChI is InChI=1S/C25H24BrFN2O3/c26-20-12-19(15-28-16-20)14-25(30)29-10-8-24(9-11-29)32-23-6-4-22(5-7-23)31-17-18-2-1-3-21(27)13-18/h1-7,12-13,15-16,24H,8-11,14,17H2. The number of aromatic nitrogens is 1. The minimum atomic E-state index is -0.271. The van der Waals surface area contributed by atoms with Crippen LogP contribution in [0.1, 0.15) is 24.0 Å². The van der Waals surface area contributed by atoms with Crippen LogP contribution in [0.15, 0.2) is 71.5 Å². The molecule has 1 aromatic heterocycles. The molecule has 0 N–H and O–H groups in total. The number of nitrogens with zero attached hydrogens (tertiary/aromatic N) is 2. The van der Waals surface area contributed by atoms with Crippen molar-refractivity contribution >= 4 is 21.8 Å². The summed E-state index contributed by atoms with van der Waals surface area (Å²) >= 11 is 3.39. The van der Waals surface area contributed by atoms with Crippen molar-refractivity contribution in [3.8, 4) is 11.5 Å². The van der Waals surface area contributed by atoms with Gasteiger partial charge in [0.2, 0.25) is 5.91 Å². The van der Waals surface area contributed by atoms with Gasteiger partial charge in [-0.15, -0.1) is 0 Å². The zero-order valence-electron chi connectivity index (χ0n) is 17.5. The van der Waals surface area contributed by atoms with Gasteiger partial charge in [-0.1, -0.05) is 12.1 Å². The molecule has 0 saturated carbocycles. The number of piperidine rings is 1. The van der Waals surface area contributed by atoms with Crippen LogP contribution in [0.5, 0.6) is 11.5 Å². The van der Waals surface area contributed by atoms with Gasteiger partial charge in [0.05, 0.1) is 6.42 Å². The van der Waals surface area contributed by atoms with Crippen LogP contribution >= 0.6 is 15.9 Å². The van der Waals surface area contributed by atoms with E-state index in [0.717, 1.165) is 34.2 Å². The molecule has 4 rings (SSSR count). The number of hydrogen-bond donors (Lipinski definition) is 0. The Labute approximate surface area is 195 Å². The van der Waals surface area contributed by atoms with Crippen molar-refractivity contribution in [2.24, 2.45) is 0 Å². The summed E-state index contributed by atoms with van der Waals surface area (Å²) < 4.78 is 25.9. The van der Waals surface area contributed by atoms with Crippen LogP contribution in [0.25, 0.3) is 0 Å². The zero-order valence-corrected chi connectivity index (χ0v) is 19.1. The molecule has 0 atom stereocenters. The SMILES string of the molecule is O=C(Cc1cncc(Br)c1)N1CCC(Oc2ccc(OCc3cccc(F)c3)cc2)CC1. The number of carbonyl (C=O) groups is 1. The van der Waals surface area contributed by atoms with Gasteiger partial charge in [-0.3, -0.25) is 9.78 Å². The van der Waals surface area contributed by atoms with Gasteiger partial charge >= 0.3 is 0 Å². The Morgan fingerprint density at radius 2 is 1.78 bits per heavy atom. The Morgan fingerprint density at radius 1 is 1.03 bits per heavy atom. The number of benzene rings is 2. The number of hydrogen-bond acceptors (Lipinski definition) is 4. The van der Waals surface area contributed by atoms with Gasteiger partial charge in [-0.05, 0) is 69.5 Å². The van der Waals surface area contributed by atoms with Crippen LogP contribution in [0.3, 0.4) is 0 Å². The van der Waals surface area contributed by atoms with Gasteiger partial charge in [-0.25, -0.2) is 4.39 Å². The molecule has 166 valence electrons. The van der Waals surface area contributed by atoms with Gasteiger partial charge in [-0.2, -0.15) is 0 Å². The Hall–Kier alpha value is -2.93. The first-order valence-electron chi connectivity index (χ1n) is 10.6. The lowest BCUT2D eigenvalue weighted by atomic mass is 10.1. The zero-order chi connectivity index (χ0) is 22.3. The lowest BCUT2D eigenvalue weighted by Crippen LogP contribution is -2.42. The van der Waals surface area contributed by atoms with Crippen LogP contribution in [0.2, 0.25) is 0 Å². The number of amides is 1. The topological polar surface area (TPSA) is 51.7 Å². The van der Waals surface area contributed by atoms with Gasteiger partial charge < -0.3 is 14.4 Å². The first kappa shape index (κ1) is 22.3. The molecule has 1 fully saturated rings. The fourth-order valence-corrected chi connectivity index (χ4v) is 4.07. The van der Waals surface area contributed by atoms with E-state index in [2.05, 4.69) is 20.9 Å². The summed E-state index contributed by atoms with van der Waals surface area (Å²) in [4.78, 5) is 18.6. The van der Waals surface area contributed by atoms with Crippen molar-refractivity contribution in [1.82, 2.24) is 9.88 Å². The molecule has 0 radical (unpaired) electrons. The molecule has 0 spiro atoms. The van der Waals surface area contributed by atoms with E-state index in [0.29, 0.717) is 31.9 Å². The van der Waals surface area contributed by atoms with Crippen LogP contribution in [-0.2, 0) is 17.8 Å². The molecular formula is C25H24BrFN2O3. The molecule has 0 aliphatic carbocycles. The maximum atomic E-state index is 13.3. The minimum Gasteiger partial charge on any atom is -0.490 e. The first-order chi connectivity index (χ1) is 15.5. The summed E-state index contributed by atoms with van der Waals surface area (Å²) in [6.45, 7) is 1.67. The third kappa shape index (κ3) is 6.29. The van der Waals surface area contributed by atoms with E-state index >= 15 is 0 Å². The summed E-state index contributed by atoms with van der Waals surface area (Å²) in [5, 5.41) is 0. The summed E-state index contributed by atoms with van der Waals surface area (Å²) in [7, 11) is 0. The maximum absolute atomic E-state index is 13.3. The van der Waals surface area contributed by atoms with E-state index in [1.165, 1.54) is 12.1 Å². The summed E-state index contributed by atoms with van der Waals surface area (Å²) in [5.41, 5.74) is 1.69. The van der Waals surface area contributed by atoms with Crippen molar-refractivity contribution < 1.29 is 18.7 Å². The van der Waals surface area contributed by atoms with Crippen LogP contribution in [-0.4, -0.2) is 35.0 Å². The van der Waals surface area contributed by atoms with E-state index in [1.54, 1.807) is 18.5 Å². The molecule has 1 aliphatic heterocycles. The summed E-state index contributed by atoms with van der Waals surface area (Å²) in [6.07, 6.45) is 5.45. The van der Waals surface area contributed by atoms with Crippen molar-refractivity contribution in [2.45, 2.75) is 32.0 Å². The number of ether oxygens (including phenoxy) is 2. The van der Waals surface area contributed by atoms with E-state index in [9.17, 15) is 9.18 Å². The Kier molecular flexibility index (Phi) is 7.37. The normalized spacial score (nSPS) is 14.2. The first-order valence-corrected chi connectivity index (χ1v) is 11.4. The van der Waals surface area contributed by atoms with E-state index in [-0.39, 0.29) is 17.8 Å². The highest BCUT2D eigenvalue weighted by molar-refractivity contribution is 9.10. The minimum absolute atomic E-state index is 0.0747. The molecule has 0 bridgehead atoms. The van der Waals surface area contributed by atoms with E-state index in [4.69, 9.17) is 9.47 Å². The van der Waals surface area contributed by atoms with Crippen LogP contribution in [0, 0.1) is 5.82 Å². The molecule has 0 unspecified atom stereocenters. The predicted octanol–water partition coefficient (Wildman–Crippen LogP) is 5.17. The summed E-state index contributed by atoms with van der Waals surface area (Å²) in [6, 6.07) is 15.7. The molecule has 5 nitrogen and oxygen atoms in total. The van der Waals surface area contributed by atoms with Gasteiger partial charge in [0.25, 0.3) is 0 Å². The lowest BCUT2D eigenvalue weighted by Gasteiger charge is -2.32. The second-order valence-corrected chi connectivity index (χ2v) is 8.69. The fraction of sp³-hybridized carbons (Fsp3) is 0.280. The molecule has 2 aromatic carbocycles. The Balaban J connectivity index is 1.22. The van der Waals surface area contributed by atoms with Crippen molar-refractivity contribution in [2.75, 3.05) is 13.1 Å². The smallest absolute Gasteiger partial charge is 0.227 e. The average Bonchev–Trinajstić information content (AvgIpc) is 2.79. The third-order valence-corrected chi connectivity index (χ3v) is 5.77. The second kappa shape index (κ2) is 10.6. The second-order valence-electron chi connectivity index (χ2n) is 7.78. The van der Waals surface area contributed by atoms with Gasteiger partial charge in [0.15, 0.2) is 0 Å². The fourth-order valence-electron chi connectivity index (χ4n) is 3.66. The molecule has 1 aliphatic rings. The molecule has 1 saturated heterocycles. The maximum Gasteiger partial charge on any atom is 0.227 e. The Morgan fingerprint density at radius 3 is 2.50 bits per heavy atom. The molecular weight excluding hydrogens is 475 g/mol. The number of halogens is 2. The monoisotopic (exact) mass is 498 g/mol. The number of likely N-dealkylation sites (tertiary alicyclic amines) is 1. The predicted molar refractivity (Wildman–Crippen MR) is 123 cm³/mol. The number of carbonyl (C=O) groups excluding carboxylic acids is 1. The average molecular weight is 499 g/mol. The van der Waals surface area contributed by atoms with Crippen LogP contribution in [0.4, 0.5) is 4.39 Å². The summed E-state index contributed by atoms with van der Waals surface area (Å²) in [5.74, 6) is 1.31. The largest absolute Gasteiger partial charge is 0.490 e. The lowest BCUT2D eigenvalue weighted by molar-refractivity contribution is -0.132. The van der Waals surface area contributed by atoms with Gasteiger partial charge in [0.1, 0.15) is 30.0 Å². The third-order valence-electron chi connectivity index (χ3n) is 5.33. The quantitative estimate of drug-likeness (QED) is 0.450. The molecule has 7 heteroatoms. The molecule has 3 aromatic rings. The highest BCUT2D eigenvalue weighted by Crippen LogP contribution is 2.23. The van der Waals surface area contributed by atoms with Crippen molar-refractivity contribution in [3.63, 3.8) is 0 Å². The number of pyridine rings is 1. The van der Waals surface area contributed by atoms with E-state index in [1.807, 2.05) is 41.3 Å². The number of rotatable bonds is 7. The highest BCUT2D eigenvalue weighted by Gasteiger charge is 2.24. The van der Waals surface area contributed by atoms with E-state index < -0.39 is 0 Å². The Bertz CT molecular complexity index is 1050. The highest BCUT2D eigenvalue weighted by atomic mass is 79.9. The van der Waals surface area contributed by atoms with Gasteiger partial charge in [0, 0.05) is 42.8 Å². The molecule has 32 heavy (non-hydrogen) atoms. The van der Waals surface area contributed by atoms with Crippen LogP contribution < -0.4 is 9.47 Å². The van der Waals surface area contributed by atoms with Crippen molar-refractivity contribution in [1.29, 1.82) is 0 Å². The van der Waals surface area contributed by atoms with Crippen molar-refractivity contribution in [3.05, 3.63) is 88.4 Å².